The molecule has 0 spiro atoms. The van der Waals surface area contributed by atoms with Crippen LogP contribution in [0.5, 0.6) is 11.5 Å². The first-order valence-corrected chi connectivity index (χ1v) is 8.75. The van der Waals surface area contributed by atoms with Crippen LogP contribution in [0.1, 0.15) is 5.56 Å². The van der Waals surface area contributed by atoms with Gasteiger partial charge in [-0.25, -0.2) is 0 Å². The molecule has 0 bridgehead atoms. The molecule has 0 amide bonds. The summed E-state index contributed by atoms with van der Waals surface area (Å²) in [5.41, 5.74) is 1.15. The summed E-state index contributed by atoms with van der Waals surface area (Å²) in [6.45, 7) is 3.03. The topological polar surface area (TPSA) is 55.5 Å². The predicted molar refractivity (Wildman–Crippen MR) is 103 cm³/mol. The van der Waals surface area contributed by atoms with Gasteiger partial charge in [0.1, 0.15) is 30.5 Å². The zero-order valence-corrected chi connectivity index (χ0v) is 14.7. The van der Waals surface area contributed by atoms with Crippen LogP contribution in [-0.4, -0.2) is 31.3 Å². The van der Waals surface area contributed by atoms with Crippen LogP contribution in [0.4, 0.5) is 5.82 Å². The maximum atomic E-state index is 5.76. The number of ether oxygens (including phenoxy) is 3. The average Bonchev–Trinajstić information content (AvgIpc) is 3.21. The molecule has 0 unspecified atom stereocenters. The number of anilines is 1. The van der Waals surface area contributed by atoms with E-state index in [1.807, 2.05) is 72.9 Å². The Bertz CT molecular complexity index is 728. The molecule has 0 radical (unpaired) electrons. The van der Waals surface area contributed by atoms with Crippen molar-refractivity contribution in [1.82, 2.24) is 4.98 Å². The molecular weight excluding hydrogens is 328 g/mol. The minimum atomic E-state index is 0.521. The average molecular weight is 352 g/mol. The van der Waals surface area contributed by atoms with Crippen LogP contribution >= 0.6 is 0 Å². The zero-order chi connectivity index (χ0) is 17.9. The minimum absolute atomic E-state index is 0.521. The quantitative estimate of drug-likeness (QED) is 0.510. The Balaban J connectivity index is 1.27. The van der Waals surface area contributed by atoms with Crippen molar-refractivity contribution < 1.29 is 14.2 Å². The molecule has 0 atom stereocenters. The van der Waals surface area contributed by atoms with Gasteiger partial charge in [0.05, 0.1) is 13.2 Å². The van der Waals surface area contributed by atoms with Crippen LogP contribution < -0.4 is 14.8 Å². The van der Waals surface area contributed by atoms with Gasteiger partial charge in [-0.2, -0.15) is 0 Å². The lowest BCUT2D eigenvalue weighted by atomic mass is 10.2. The number of aromatic nitrogens is 1. The first-order valence-electron chi connectivity index (χ1n) is 8.75. The molecule has 26 heavy (non-hydrogen) atoms. The molecule has 0 fully saturated rings. The van der Waals surface area contributed by atoms with E-state index < -0.39 is 0 Å². The summed E-state index contributed by atoms with van der Waals surface area (Å²) in [6.07, 6.45) is 1.88. The lowest BCUT2D eigenvalue weighted by molar-refractivity contribution is 0.107. The standard InChI is InChI=1S/C21H24N2O3/c1-2-5-18(6-3-1)17-26-20-10-8-19(9-11-20)25-16-15-24-14-13-23-21-7-4-12-22-21/h1-12,22-23H,13-17H2. The fourth-order valence-corrected chi connectivity index (χ4v) is 2.39. The first-order chi connectivity index (χ1) is 12.9. The van der Waals surface area contributed by atoms with Gasteiger partial charge in [0, 0.05) is 12.7 Å². The highest BCUT2D eigenvalue weighted by Crippen LogP contribution is 2.18. The predicted octanol–water partition coefficient (Wildman–Crippen LogP) is 4.10. The summed E-state index contributed by atoms with van der Waals surface area (Å²) in [7, 11) is 0. The van der Waals surface area contributed by atoms with E-state index in [1.165, 1.54) is 0 Å². The van der Waals surface area contributed by atoms with Gasteiger partial charge < -0.3 is 24.5 Å². The van der Waals surface area contributed by atoms with Crippen LogP contribution in [0.15, 0.2) is 72.9 Å². The van der Waals surface area contributed by atoms with Crippen LogP contribution in [0.25, 0.3) is 0 Å². The molecule has 2 N–H and O–H groups in total. The third-order valence-corrected chi connectivity index (χ3v) is 3.73. The summed E-state index contributed by atoms with van der Waals surface area (Å²) in [5, 5.41) is 3.23. The van der Waals surface area contributed by atoms with E-state index in [0.717, 1.165) is 29.4 Å². The normalized spacial score (nSPS) is 10.5. The molecule has 0 aliphatic carbocycles. The largest absolute Gasteiger partial charge is 0.491 e. The molecule has 3 rings (SSSR count). The van der Waals surface area contributed by atoms with Gasteiger partial charge in [-0.1, -0.05) is 30.3 Å². The number of hydrogen-bond acceptors (Lipinski definition) is 4. The Hall–Kier alpha value is -2.92. The van der Waals surface area contributed by atoms with Gasteiger partial charge >= 0.3 is 0 Å². The first kappa shape index (κ1) is 17.9. The van der Waals surface area contributed by atoms with Crippen molar-refractivity contribution >= 4 is 5.82 Å². The van der Waals surface area contributed by atoms with E-state index in [1.54, 1.807) is 0 Å². The number of H-pyrrole nitrogens is 1. The molecule has 0 aliphatic heterocycles. The summed E-state index contributed by atoms with van der Waals surface area (Å²) in [4.78, 5) is 3.08. The van der Waals surface area contributed by atoms with E-state index in [4.69, 9.17) is 14.2 Å². The van der Waals surface area contributed by atoms with Gasteiger partial charge in [-0.15, -0.1) is 0 Å². The number of rotatable bonds is 11. The molecular formula is C21H24N2O3. The van der Waals surface area contributed by atoms with E-state index in [9.17, 15) is 0 Å². The SMILES string of the molecule is c1ccc(COc2ccc(OCCOCCNc3ccc[nH]3)cc2)cc1. The van der Waals surface area contributed by atoms with Crippen LogP contribution in [0, 0.1) is 0 Å². The number of nitrogens with one attached hydrogen (secondary N) is 2. The minimum Gasteiger partial charge on any atom is -0.491 e. The Morgan fingerprint density at radius 1 is 0.731 bits per heavy atom. The van der Waals surface area contributed by atoms with Crippen molar-refractivity contribution in [1.29, 1.82) is 0 Å². The van der Waals surface area contributed by atoms with Crippen molar-refractivity contribution in [3.63, 3.8) is 0 Å². The van der Waals surface area contributed by atoms with Crippen molar-refractivity contribution in [3.8, 4) is 11.5 Å². The van der Waals surface area contributed by atoms with E-state index in [-0.39, 0.29) is 0 Å². The highest BCUT2D eigenvalue weighted by Gasteiger charge is 1.98. The fraction of sp³-hybridized carbons (Fsp3) is 0.238. The van der Waals surface area contributed by atoms with Crippen LogP contribution in [0.3, 0.4) is 0 Å². The van der Waals surface area contributed by atoms with Crippen molar-refractivity contribution in [3.05, 3.63) is 78.5 Å². The lowest BCUT2D eigenvalue weighted by Crippen LogP contribution is -2.13. The molecule has 0 saturated heterocycles. The second-order valence-electron chi connectivity index (χ2n) is 5.72. The lowest BCUT2D eigenvalue weighted by Gasteiger charge is -2.09. The van der Waals surface area contributed by atoms with Crippen molar-refractivity contribution in [2.45, 2.75) is 6.61 Å². The Morgan fingerprint density at radius 3 is 2.23 bits per heavy atom. The summed E-state index contributed by atoms with van der Waals surface area (Å²) < 4.78 is 17.0. The van der Waals surface area contributed by atoms with Gasteiger partial charge in [0.2, 0.25) is 0 Å². The number of hydrogen-bond donors (Lipinski definition) is 2. The molecule has 2 aromatic carbocycles. The van der Waals surface area contributed by atoms with Gasteiger partial charge in [0.25, 0.3) is 0 Å². The number of benzene rings is 2. The van der Waals surface area contributed by atoms with Crippen molar-refractivity contribution in [2.24, 2.45) is 0 Å². The molecule has 1 heterocycles. The Labute approximate surface area is 153 Å². The monoisotopic (exact) mass is 352 g/mol. The molecule has 136 valence electrons. The zero-order valence-electron chi connectivity index (χ0n) is 14.7. The molecule has 1 aromatic heterocycles. The fourth-order valence-electron chi connectivity index (χ4n) is 2.39. The van der Waals surface area contributed by atoms with E-state index >= 15 is 0 Å². The van der Waals surface area contributed by atoms with Gasteiger partial charge in [-0.05, 0) is 42.0 Å². The third-order valence-electron chi connectivity index (χ3n) is 3.73. The highest BCUT2D eigenvalue weighted by molar-refractivity contribution is 5.34. The molecule has 3 aromatic rings. The van der Waals surface area contributed by atoms with Gasteiger partial charge in [-0.3, -0.25) is 0 Å². The van der Waals surface area contributed by atoms with Crippen LogP contribution in [0.2, 0.25) is 0 Å². The smallest absolute Gasteiger partial charge is 0.120 e. The third kappa shape index (κ3) is 6.18. The summed E-state index contributed by atoms with van der Waals surface area (Å²) in [5.74, 6) is 2.64. The van der Waals surface area contributed by atoms with Crippen LogP contribution in [-0.2, 0) is 11.3 Å². The summed E-state index contributed by atoms with van der Waals surface area (Å²) in [6, 6.07) is 21.7. The van der Waals surface area contributed by atoms with E-state index in [2.05, 4.69) is 10.3 Å². The summed E-state index contributed by atoms with van der Waals surface area (Å²) >= 11 is 0. The Kier molecular flexibility index (Phi) is 6.99. The second kappa shape index (κ2) is 10.2. The maximum Gasteiger partial charge on any atom is 0.120 e. The molecule has 5 heteroatoms. The van der Waals surface area contributed by atoms with E-state index in [0.29, 0.717) is 26.4 Å². The van der Waals surface area contributed by atoms with Gasteiger partial charge in [0.15, 0.2) is 0 Å². The van der Waals surface area contributed by atoms with Crippen molar-refractivity contribution in [2.75, 3.05) is 31.7 Å². The Morgan fingerprint density at radius 2 is 1.50 bits per heavy atom. The highest BCUT2D eigenvalue weighted by atomic mass is 16.5. The number of aromatic amines is 1. The molecule has 5 nitrogen and oxygen atoms in total. The molecule has 0 saturated carbocycles. The molecule has 0 aliphatic rings. The maximum absolute atomic E-state index is 5.76. The second-order valence-corrected chi connectivity index (χ2v) is 5.72.